The van der Waals surface area contributed by atoms with Crippen LogP contribution in [0.1, 0.15) is 49.6 Å². The molecule has 1 aliphatic carbocycles. The number of benzene rings is 1. The molecule has 2 aromatic heterocycles. The van der Waals surface area contributed by atoms with Gasteiger partial charge in [0.1, 0.15) is 21.2 Å². The van der Waals surface area contributed by atoms with Gasteiger partial charge >= 0.3 is 5.69 Å². The number of nitrogens with zero attached hydrogens (tertiary/aromatic N) is 2. The average molecular weight is 450 g/mol. The van der Waals surface area contributed by atoms with E-state index in [0.29, 0.717) is 15.8 Å². The van der Waals surface area contributed by atoms with Crippen LogP contribution in [-0.2, 0) is 11.2 Å². The highest BCUT2D eigenvalue weighted by Gasteiger charge is 2.29. The maximum Gasteiger partial charge on any atom is 0.329 e. The number of aromatic amines is 1. The van der Waals surface area contributed by atoms with Gasteiger partial charge in [-0.05, 0) is 30.5 Å². The molecule has 4 rings (SSSR count). The number of nitrogens with one attached hydrogen (secondary N) is 1. The van der Waals surface area contributed by atoms with Crippen molar-refractivity contribution in [2.24, 2.45) is 5.92 Å². The molecule has 1 aromatic carbocycles. The van der Waals surface area contributed by atoms with E-state index in [0.717, 1.165) is 42.7 Å². The zero-order valence-corrected chi connectivity index (χ0v) is 17.8. The van der Waals surface area contributed by atoms with Gasteiger partial charge in [-0.25, -0.2) is 18.7 Å². The second-order valence-corrected chi connectivity index (χ2v) is 9.50. The second kappa shape index (κ2) is 8.81. The number of Topliss-reactive ketones (excluding diaryl/α,β-unsaturated/α-hetero) is 1. The van der Waals surface area contributed by atoms with Crippen LogP contribution in [-0.4, -0.2) is 20.3 Å². The van der Waals surface area contributed by atoms with Crippen molar-refractivity contribution in [2.75, 3.05) is 0 Å². The van der Waals surface area contributed by atoms with E-state index in [2.05, 4.69) is 9.97 Å². The molecule has 1 aliphatic rings. The van der Waals surface area contributed by atoms with Crippen LogP contribution in [0, 0.1) is 11.7 Å². The average Bonchev–Trinajstić information content (AvgIpc) is 3.13. The summed E-state index contributed by atoms with van der Waals surface area (Å²) in [6.45, 7) is 0. The molecular weight excluding hydrogens is 429 g/mol. The van der Waals surface area contributed by atoms with Crippen LogP contribution < -0.4 is 11.2 Å². The van der Waals surface area contributed by atoms with E-state index >= 15 is 0 Å². The molecule has 0 bridgehead atoms. The van der Waals surface area contributed by atoms with Crippen LogP contribution in [0.4, 0.5) is 4.39 Å². The number of carbonyl (C=O) groups excluding carboxylic acids is 1. The van der Waals surface area contributed by atoms with Crippen molar-refractivity contribution >= 4 is 39.6 Å². The summed E-state index contributed by atoms with van der Waals surface area (Å²) >= 11 is 7.12. The molecule has 1 saturated carbocycles. The van der Waals surface area contributed by atoms with Crippen LogP contribution in [0.5, 0.6) is 0 Å². The van der Waals surface area contributed by atoms with Gasteiger partial charge in [-0.2, -0.15) is 0 Å². The summed E-state index contributed by atoms with van der Waals surface area (Å²) in [4.78, 5) is 45.9. The first-order valence-corrected chi connectivity index (χ1v) is 11.2. The minimum atomic E-state index is -0.931. The summed E-state index contributed by atoms with van der Waals surface area (Å²) in [5.41, 5.74) is -1.07. The summed E-state index contributed by atoms with van der Waals surface area (Å²) in [7, 11) is 0. The van der Waals surface area contributed by atoms with Gasteiger partial charge in [-0.15, -0.1) is 11.3 Å². The first-order chi connectivity index (χ1) is 14.4. The standard InChI is InChI=1S/C21H21ClFN3O3S/c22-18-11-24-19(30-18)10-17(27)16(8-12-4-2-1-3-5-12)26-20(28)14-9-13(23)6-7-15(14)25-21(26)29/h6-7,9,11-12,16H,1-5,8,10H2,(H,25,29). The fourth-order valence-electron chi connectivity index (χ4n) is 4.24. The highest BCUT2D eigenvalue weighted by atomic mass is 35.5. The van der Waals surface area contributed by atoms with Gasteiger partial charge in [-0.3, -0.25) is 9.59 Å². The number of aromatic nitrogens is 3. The van der Waals surface area contributed by atoms with Crippen molar-refractivity contribution in [3.8, 4) is 0 Å². The second-order valence-electron chi connectivity index (χ2n) is 7.75. The maximum absolute atomic E-state index is 13.7. The zero-order valence-electron chi connectivity index (χ0n) is 16.2. The van der Waals surface area contributed by atoms with Gasteiger partial charge in [0, 0.05) is 0 Å². The van der Waals surface area contributed by atoms with Crippen molar-refractivity contribution in [3.63, 3.8) is 0 Å². The molecule has 1 atom stereocenters. The number of hydrogen-bond acceptors (Lipinski definition) is 5. The van der Waals surface area contributed by atoms with Gasteiger partial charge < -0.3 is 4.98 Å². The molecule has 3 aromatic rings. The van der Waals surface area contributed by atoms with Crippen LogP contribution in [0.25, 0.3) is 10.9 Å². The molecule has 0 saturated heterocycles. The molecule has 158 valence electrons. The molecule has 1 fully saturated rings. The Morgan fingerprint density at radius 3 is 2.77 bits per heavy atom. The molecule has 6 nitrogen and oxygen atoms in total. The van der Waals surface area contributed by atoms with Crippen LogP contribution >= 0.6 is 22.9 Å². The maximum atomic E-state index is 13.7. The Labute approximate surface area is 180 Å². The number of ketones is 1. The van der Waals surface area contributed by atoms with E-state index in [-0.39, 0.29) is 29.0 Å². The van der Waals surface area contributed by atoms with E-state index in [1.807, 2.05) is 0 Å². The number of rotatable bonds is 6. The third-order valence-corrected chi connectivity index (χ3v) is 6.82. The molecule has 30 heavy (non-hydrogen) atoms. The molecule has 9 heteroatoms. The van der Waals surface area contributed by atoms with Crippen LogP contribution in [0.15, 0.2) is 34.0 Å². The predicted octanol–water partition coefficient (Wildman–Crippen LogP) is 4.26. The molecule has 0 aliphatic heterocycles. The summed E-state index contributed by atoms with van der Waals surface area (Å²) in [5.74, 6) is -0.595. The topological polar surface area (TPSA) is 84.8 Å². The molecule has 0 spiro atoms. The number of carbonyl (C=O) groups is 1. The SMILES string of the molecule is O=C(Cc1ncc(Cl)s1)C(CC1CCCCC1)n1c(=O)[nH]c2ccc(F)cc2c1=O. The minimum absolute atomic E-state index is 0.0121. The third-order valence-electron chi connectivity index (χ3n) is 5.71. The Kier molecular flexibility index (Phi) is 6.15. The summed E-state index contributed by atoms with van der Waals surface area (Å²) in [6, 6.07) is 2.69. The van der Waals surface area contributed by atoms with E-state index in [1.54, 1.807) is 0 Å². The highest BCUT2D eigenvalue weighted by molar-refractivity contribution is 7.15. The van der Waals surface area contributed by atoms with Crippen molar-refractivity contribution in [2.45, 2.75) is 51.0 Å². The zero-order chi connectivity index (χ0) is 21.3. The number of H-pyrrole nitrogens is 1. The third kappa shape index (κ3) is 4.39. The fourth-order valence-corrected chi connectivity index (χ4v) is 5.21. The van der Waals surface area contributed by atoms with Gasteiger partial charge in [0.15, 0.2) is 5.78 Å². The molecule has 1 N–H and O–H groups in total. The lowest BCUT2D eigenvalue weighted by molar-refractivity contribution is -0.122. The quantitative estimate of drug-likeness (QED) is 0.609. The van der Waals surface area contributed by atoms with Gasteiger partial charge in [0.05, 0.1) is 23.5 Å². The number of halogens is 2. The highest BCUT2D eigenvalue weighted by Crippen LogP contribution is 2.31. The van der Waals surface area contributed by atoms with Crippen LogP contribution in [0.2, 0.25) is 4.34 Å². The lowest BCUT2D eigenvalue weighted by Crippen LogP contribution is -2.42. The Balaban J connectivity index is 1.77. The van der Waals surface area contributed by atoms with Gasteiger partial charge in [-0.1, -0.05) is 43.7 Å². The predicted molar refractivity (Wildman–Crippen MR) is 115 cm³/mol. The number of hydrogen-bond donors (Lipinski definition) is 1. The largest absolute Gasteiger partial charge is 0.329 e. The van der Waals surface area contributed by atoms with Crippen molar-refractivity contribution in [1.82, 2.24) is 14.5 Å². The first-order valence-electron chi connectivity index (χ1n) is 9.99. The Morgan fingerprint density at radius 2 is 2.07 bits per heavy atom. The number of fused-ring (bicyclic) bond motifs is 1. The van der Waals surface area contributed by atoms with Crippen LogP contribution in [0.3, 0.4) is 0 Å². The van der Waals surface area contributed by atoms with Crippen molar-refractivity contribution < 1.29 is 9.18 Å². The summed E-state index contributed by atoms with van der Waals surface area (Å²) in [5, 5.41) is 0.586. The fraction of sp³-hybridized carbons (Fsp3) is 0.429. The van der Waals surface area contributed by atoms with Crippen molar-refractivity contribution in [3.05, 3.63) is 60.4 Å². The number of thiazole rings is 1. The van der Waals surface area contributed by atoms with E-state index in [9.17, 15) is 18.8 Å². The molecular formula is C21H21ClFN3O3S. The van der Waals surface area contributed by atoms with Gasteiger partial charge in [0.25, 0.3) is 5.56 Å². The van der Waals surface area contributed by atoms with E-state index in [1.165, 1.54) is 29.7 Å². The lowest BCUT2D eigenvalue weighted by Gasteiger charge is -2.26. The Morgan fingerprint density at radius 1 is 1.30 bits per heavy atom. The lowest BCUT2D eigenvalue weighted by atomic mass is 9.83. The first kappa shape index (κ1) is 20.9. The molecule has 1 unspecified atom stereocenters. The van der Waals surface area contributed by atoms with Crippen molar-refractivity contribution in [1.29, 1.82) is 0 Å². The Hall–Kier alpha value is -2.32. The molecule has 0 radical (unpaired) electrons. The Bertz CT molecular complexity index is 1200. The van der Waals surface area contributed by atoms with Gasteiger partial charge in [0.2, 0.25) is 0 Å². The minimum Gasteiger partial charge on any atom is -0.307 e. The normalized spacial score (nSPS) is 16.1. The smallest absolute Gasteiger partial charge is 0.307 e. The van der Waals surface area contributed by atoms with E-state index < -0.39 is 23.1 Å². The monoisotopic (exact) mass is 449 g/mol. The summed E-state index contributed by atoms with van der Waals surface area (Å²) < 4.78 is 15.2. The molecule has 2 heterocycles. The molecule has 0 amide bonds. The summed E-state index contributed by atoms with van der Waals surface area (Å²) in [6.07, 6.45) is 7.09. The van der Waals surface area contributed by atoms with E-state index in [4.69, 9.17) is 11.6 Å².